The fourth-order valence-electron chi connectivity index (χ4n) is 5.59. The summed E-state index contributed by atoms with van der Waals surface area (Å²) in [6.07, 6.45) is 3.54. The van der Waals surface area contributed by atoms with Crippen LogP contribution in [0.25, 0.3) is 10.9 Å². The highest BCUT2D eigenvalue weighted by molar-refractivity contribution is 6.36. The summed E-state index contributed by atoms with van der Waals surface area (Å²) in [5.41, 5.74) is 3.99. The van der Waals surface area contributed by atoms with Gasteiger partial charge in [0, 0.05) is 36.0 Å². The number of piperidine rings is 1. The molecule has 6 rings (SSSR count). The minimum atomic E-state index is -0.551. The number of β-amino-alcohol motifs (C(OH)–C–C–N with tert-alkyl or cyclic N) is 1. The van der Waals surface area contributed by atoms with Crippen molar-refractivity contribution in [2.75, 3.05) is 30.3 Å². The van der Waals surface area contributed by atoms with Crippen molar-refractivity contribution in [2.45, 2.75) is 31.5 Å². The van der Waals surface area contributed by atoms with Gasteiger partial charge in [-0.25, -0.2) is 9.07 Å². The summed E-state index contributed by atoms with van der Waals surface area (Å²) < 4.78 is 15.6. The second kappa shape index (κ2) is 12.8. The van der Waals surface area contributed by atoms with E-state index in [0.717, 1.165) is 25.1 Å². The SMILES string of the molecule is CCN1CCC(n2cc([C@@H](Nc3cc(Cl)c4ncc(C#N)c(Nc5ccc(F)c(Cl)c5)c4c3)c3ccccc3)nn2)[C@H](O)C1. The second-order valence-corrected chi connectivity index (χ2v) is 11.5. The van der Waals surface area contributed by atoms with Gasteiger partial charge in [-0.2, -0.15) is 5.26 Å². The molecule has 0 aliphatic carbocycles. The number of nitrogens with zero attached hydrogens (tertiary/aromatic N) is 6. The van der Waals surface area contributed by atoms with Crippen molar-refractivity contribution in [1.29, 1.82) is 5.26 Å². The van der Waals surface area contributed by atoms with Gasteiger partial charge in [0.25, 0.3) is 0 Å². The molecule has 0 spiro atoms. The second-order valence-electron chi connectivity index (χ2n) is 10.7. The molecule has 3 heterocycles. The number of aliphatic hydroxyl groups excluding tert-OH is 1. The maximum atomic E-state index is 13.8. The van der Waals surface area contributed by atoms with E-state index in [2.05, 4.69) is 43.8 Å². The lowest BCUT2D eigenvalue weighted by Gasteiger charge is -2.35. The Labute approximate surface area is 263 Å². The molecule has 0 radical (unpaired) electrons. The Balaban J connectivity index is 1.38. The number of hydrogen-bond acceptors (Lipinski definition) is 8. The first-order valence-electron chi connectivity index (χ1n) is 14.2. The summed E-state index contributed by atoms with van der Waals surface area (Å²) >= 11 is 12.8. The number of likely N-dealkylation sites (N-methyl/N-ethyl adjacent to an activating group) is 1. The van der Waals surface area contributed by atoms with Crippen LogP contribution in [-0.2, 0) is 0 Å². The van der Waals surface area contributed by atoms with Crippen molar-refractivity contribution in [1.82, 2.24) is 24.9 Å². The van der Waals surface area contributed by atoms with Gasteiger partial charge in [0.1, 0.15) is 17.6 Å². The van der Waals surface area contributed by atoms with Crippen molar-refractivity contribution in [2.24, 2.45) is 0 Å². The zero-order chi connectivity index (χ0) is 30.8. The van der Waals surface area contributed by atoms with Crippen molar-refractivity contribution in [3.8, 4) is 6.07 Å². The van der Waals surface area contributed by atoms with Crippen molar-refractivity contribution in [3.05, 3.63) is 106 Å². The first-order valence-corrected chi connectivity index (χ1v) is 15.0. The van der Waals surface area contributed by atoms with E-state index < -0.39 is 18.0 Å². The third-order valence-electron chi connectivity index (χ3n) is 7.92. The third-order valence-corrected chi connectivity index (χ3v) is 8.50. The van der Waals surface area contributed by atoms with Crippen molar-refractivity contribution < 1.29 is 9.50 Å². The zero-order valence-corrected chi connectivity index (χ0v) is 25.3. The van der Waals surface area contributed by atoms with Crippen molar-refractivity contribution >= 4 is 51.2 Å². The number of nitriles is 1. The number of halogens is 3. The normalized spacial score (nSPS) is 17.7. The minimum absolute atomic E-state index is 0.0468. The number of aliphatic hydroxyl groups is 1. The molecule has 1 aliphatic heterocycles. The average molecular weight is 632 g/mol. The number of fused-ring (bicyclic) bond motifs is 1. The predicted octanol–water partition coefficient (Wildman–Crippen LogP) is 6.72. The maximum absolute atomic E-state index is 13.8. The molecule has 0 saturated carbocycles. The van der Waals surface area contributed by atoms with Gasteiger partial charge in [-0.05, 0) is 48.9 Å². The van der Waals surface area contributed by atoms with Crippen LogP contribution in [-0.4, -0.2) is 55.7 Å². The van der Waals surface area contributed by atoms with E-state index in [0.29, 0.717) is 45.2 Å². The molecular weight excluding hydrogens is 602 g/mol. The number of hydrogen-bond donors (Lipinski definition) is 3. The Morgan fingerprint density at radius 1 is 1.11 bits per heavy atom. The molecule has 3 atom stereocenters. The van der Waals surface area contributed by atoms with Crippen LogP contribution in [0.5, 0.6) is 0 Å². The van der Waals surface area contributed by atoms with Crippen LogP contribution in [0.2, 0.25) is 10.0 Å². The number of pyridine rings is 1. The predicted molar refractivity (Wildman–Crippen MR) is 170 cm³/mol. The topological polar surface area (TPSA) is 115 Å². The molecule has 0 bridgehead atoms. The van der Waals surface area contributed by atoms with Gasteiger partial charge in [0.05, 0.1) is 51.2 Å². The molecule has 2 aromatic heterocycles. The highest BCUT2D eigenvalue weighted by Gasteiger charge is 2.30. The molecule has 224 valence electrons. The van der Waals surface area contributed by atoms with Gasteiger partial charge >= 0.3 is 0 Å². The van der Waals surface area contributed by atoms with E-state index >= 15 is 0 Å². The summed E-state index contributed by atoms with van der Waals surface area (Å²) in [6.45, 7) is 4.44. The highest BCUT2D eigenvalue weighted by Crippen LogP contribution is 2.37. The monoisotopic (exact) mass is 630 g/mol. The molecule has 5 aromatic rings. The van der Waals surface area contributed by atoms with Crippen LogP contribution in [0.3, 0.4) is 0 Å². The number of aromatic nitrogens is 4. The molecule has 1 unspecified atom stereocenters. The number of benzene rings is 3. The molecule has 44 heavy (non-hydrogen) atoms. The Hall–Kier alpha value is -4.27. The Bertz CT molecular complexity index is 1840. The molecule has 3 aromatic carbocycles. The van der Waals surface area contributed by atoms with E-state index in [9.17, 15) is 14.8 Å². The minimum Gasteiger partial charge on any atom is -0.390 e. The molecule has 1 aliphatic rings. The van der Waals surface area contributed by atoms with Gasteiger partial charge < -0.3 is 20.6 Å². The van der Waals surface area contributed by atoms with Crippen LogP contribution in [0.1, 0.15) is 42.2 Å². The zero-order valence-electron chi connectivity index (χ0n) is 23.8. The van der Waals surface area contributed by atoms with E-state index in [4.69, 9.17) is 23.2 Å². The summed E-state index contributed by atoms with van der Waals surface area (Å²) in [6, 6.07) is 19.3. The van der Waals surface area contributed by atoms with Crippen LogP contribution < -0.4 is 10.6 Å². The fourth-order valence-corrected chi connectivity index (χ4v) is 6.03. The van der Waals surface area contributed by atoms with Gasteiger partial charge in [-0.3, -0.25) is 4.98 Å². The molecule has 12 heteroatoms. The molecule has 1 fully saturated rings. The Kier molecular flexibility index (Phi) is 8.64. The molecule has 9 nitrogen and oxygen atoms in total. The summed E-state index contributed by atoms with van der Waals surface area (Å²) in [4.78, 5) is 6.65. The quantitative estimate of drug-likeness (QED) is 0.173. The fraction of sp³-hybridized carbons (Fsp3) is 0.250. The number of rotatable bonds is 8. The van der Waals surface area contributed by atoms with Gasteiger partial charge in [0.2, 0.25) is 0 Å². The Morgan fingerprint density at radius 3 is 2.64 bits per heavy atom. The third kappa shape index (κ3) is 6.05. The van der Waals surface area contributed by atoms with Gasteiger partial charge in [-0.15, -0.1) is 5.10 Å². The van der Waals surface area contributed by atoms with Crippen molar-refractivity contribution in [3.63, 3.8) is 0 Å². The largest absolute Gasteiger partial charge is 0.390 e. The molecule has 3 N–H and O–H groups in total. The Morgan fingerprint density at radius 2 is 1.91 bits per heavy atom. The van der Waals surface area contributed by atoms with Gasteiger partial charge in [0.15, 0.2) is 0 Å². The van der Waals surface area contributed by atoms with Crippen LogP contribution in [0, 0.1) is 17.1 Å². The van der Waals surface area contributed by atoms with E-state index in [1.54, 1.807) is 10.7 Å². The van der Waals surface area contributed by atoms with E-state index in [1.165, 1.54) is 24.4 Å². The molecule has 0 amide bonds. The first-order chi connectivity index (χ1) is 21.3. The molecular formula is C32H29Cl2FN8O. The van der Waals surface area contributed by atoms with E-state index in [-0.39, 0.29) is 16.6 Å². The number of anilines is 3. The summed E-state index contributed by atoms with van der Waals surface area (Å²) in [7, 11) is 0. The maximum Gasteiger partial charge on any atom is 0.141 e. The summed E-state index contributed by atoms with van der Waals surface area (Å²) in [5, 5.41) is 37.3. The lowest BCUT2D eigenvalue weighted by Crippen LogP contribution is -2.44. The number of likely N-dealkylation sites (tertiary alicyclic amines) is 1. The smallest absolute Gasteiger partial charge is 0.141 e. The number of nitrogens with one attached hydrogen (secondary N) is 2. The van der Waals surface area contributed by atoms with Crippen LogP contribution >= 0.6 is 23.2 Å². The standard InChI is InChI=1S/C32H29Cl2FN8O/c1-2-42-11-10-28(29(44)18-42)43-17-27(40-41-43)31(19-6-4-3-5-7-19)39-22-12-23-30(38-21-8-9-26(35)24(33)13-21)20(15-36)16-37-32(23)25(34)14-22/h3-9,12-14,16-17,28-29,31,39,44H,2,10-11,18H2,1H3,(H,37,38)/t28?,29-,31+/m1/s1. The van der Waals surface area contributed by atoms with Gasteiger partial charge in [-0.1, -0.05) is 65.7 Å². The summed E-state index contributed by atoms with van der Waals surface area (Å²) in [5.74, 6) is -0.545. The average Bonchev–Trinajstić information content (AvgIpc) is 3.52. The highest BCUT2D eigenvalue weighted by atomic mass is 35.5. The van der Waals surface area contributed by atoms with E-state index in [1.807, 2.05) is 42.6 Å². The first kappa shape index (κ1) is 29.8. The van der Waals surface area contributed by atoms with Crippen LogP contribution in [0.4, 0.5) is 21.5 Å². The lowest BCUT2D eigenvalue weighted by molar-refractivity contribution is 0.0242. The lowest BCUT2D eigenvalue weighted by atomic mass is 10.0. The molecule has 1 saturated heterocycles. The van der Waals surface area contributed by atoms with Crippen LogP contribution in [0.15, 0.2) is 73.1 Å².